The maximum Gasteiger partial charge on any atom is -0.00164 e. The van der Waals surface area contributed by atoms with E-state index in [1.807, 2.05) is 0 Å². The molecule has 2 radical (unpaired) electrons. The van der Waals surface area contributed by atoms with Gasteiger partial charge in [-0.15, -0.1) is 0 Å². The van der Waals surface area contributed by atoms with Gasteiger partial charge < -0.3 is 0 Å². The fourth-order valence-electron chi connectivity index (χ4n) is 4.47. The Morgan fingerprint density at radius 1 is 0.294 bits per heavy atom. The van der Waals surface area contributed by atoms with E-state index in [0.717, 1.165) is 25.7 Å². The van der Waals surface area contributed by atoms with Crippen molar-refractivity contribution in [3.63, 3.8) is 0 Å². The van der Waals surface area contributed by atoms with Crippen LogP contribution in [-0.2, 0) is 25.7 Å². The van der Waals surface area contributed by atoms with Crippen LogP contribution in [0.4, 0.5) is 0 Å². The van der Waals surface area contributed by atoms with Crippen LogP contribution in [0.5, 0.6) is 0 Å². The normalized spacial score (nSPS) is 10.8. The van der Waals surface area contributed by atoms with Crippen LogP contribution in [0.1, 0.15) is 44.5 Å². The zero-order valence-corrected chi connectivity index (χ0v) is 19.4. The van der Waals surface area contributed by atoms with Crippen molar-refractivity contribution in [2.24, 2.45) is 0 Å². The van der Waals surface area contributed by atoms with E-state index in [1.165, 1.54) is 44.5 Å². The Labute approximate surface area is 203 Å². The predicted octanol–water partition coefficient (Wildman–Crippen LogP) is 7.65. The Hall–Kier alpha value is -3.90. The fraction of sp³-hybridized carbons (Fsp3) is 0.118. The molecule has 0 saturated carbocycles. The van der Waals surface area contributed by atoms with Gasteiger partial charge in [0.1, 0.15) is 0 Å². The molecular weight excluding hydrogens is 408 g/mol. The molecule has 0 unspecified atom stereocenters. The average Bonchev–Trinajstić information content (AvgIpc) is 2.89. The molecular formula is C34H28. The van der Waals surface area contributed by atoms with Gasteiger partial charge in [0, 0.05) is 0 Å². The molecule has 0 amide bonds. The third kappa shape index (κ3) is 5.71. The fourth-order valence-corrected chi connectivity index (χ4v) is 4.47. The topological polar surface area (TPSA) is 0 Å². The standard InChI is InChI=1S/C34H28/c1-5-13-27(14-6-1)21-31-25-33(23-29-17-9-3-10-18-29)34(24-30-19-11-4-12-20-30)26-32(31)22-28-15-7-2-8-16-28/h1-20H,21-24H2. The van der Waals surface area contributed by atoms with Gasteiger partial charge in [-0.3, -0.25) is 0 Å². The van der Waals surface area contributed by atoms with Crippen molar-refractivity contribution in [2.75, 3.05) is 0 Å². The molecule has 0 aromatic heterocycles. The lowest BCUT2D eigenvalue weighted by molar-refractivity contribution is 1.01. The SMILES string of the molecule is [c]1c(Cc2ccccc2)c(Cc2ccccc2)[c]c(Cc2ccccc2)c1Cc1ccccc1. The summed E-state index contributed by atoms with van der Waals surface area (Å²) in [5, 5.41) is 0. The van der Waals surface area contributed by atoms with Crippen LogP contribution in [0.15, 0.2) is 121 Å². The largest absolute Gasteiger partial charge is 0.0622 e. The van der Waals surface area contributed by atoms with Crippen molar-refractivity contribution in [3.8, 4) is 0 Å². The van der Waals surface area contributed by atoms with E-state index in [0.29, 0.717) is 0 Å². The number of hydrogen-bond donors (Lipinski definition) is 0. The minimum absolute atomic E-state index is 0.868. The minimum Gasteiger partial charge on any atom is -0.0622 e. The lowest BCUT2D eigenvalue weighted by Crippen LogP contribution is -2.06. The Balaban J connectivity index is 1.59. The molecule has 0 aliphatic carbocycles. The van der Waals surface area contributed by atoms with Gasteiger partial charge in [0.2, 0.25) is 0 Å². The Morgan fingerprint density at radius 2 is 0.500 bits per heavy atom. The first-order valence-corrected chi connectivity index (χ1v) is 12.0. The quantitative estimate of drug-likeness (QED) is 0.234. The van der Waals surface area contributed by atoms with Crippen LogP contribution in [0, 0.1) is 12.1 Å². The van der Waals surface area contributed by atoms with Gasteiger partial charge in [-0.2, -0.15) is 0 Å². The molecule has 0 spiro atoms. The van der Waals surface area contributed by atoms with Crippen LogP contribution in [-0.4, -0.2) is 0 Å². The summed E-state index contributed by atoms with van der Waals surface area (Å²) in [6.45, 7) is 0. The van der Waals surface area contributed by atoms with Crippen LogP contribution in [0.25, 0.3) is 0 Å². The van der Waals surface area contributed by atoms with Gasteiger partial charge >= 0.3 is 0 Å². The first-order valence-electron chi connectivity index (χ1n) is 12.0. The first kappa shape index (κ1) is 21.9. The average molecular weight is 437 g/mol. The second kappa shape index (κ2) is 10.8. The number of hydrogen-bond acceptors (Lipinski definition) is 0. The van der Waals surface area contributed by atoms with Crippen LogP contribution in [0.3, 0.4) is 0 Å². The minimum atomic E-state index is 0.868. The summed E-state index contributed by atoms with van der Waals surface area (Å²) in [4.78, 5) is 0. The van der Waals surface area contributed by atoms with Crippen LogP contribution in [0.2, 0.25) is 0 Å². The molecule has 5 aromatic carbocycles. The summed E-state index contributed by atoms with van der Waals surface area (Å²) in [6, 6.07) is 50.6. The maximum absolute atomic E-state index is 3.89. The molecule has 5 rings (SSSR count). The summed E-state index contributed by atoms with van der Waals surface area (Å²) in [5.74, 6) is 0. The molecule has 0 saturated heterocycles. The summed E-state index contributed by atoms with van der Waals surface area (Å²) in [6.07, 6.45) is 3.47. The molecule has 0 fully saturated rings. The van der Waals surface area contributed by atoms with Crippen molar-refractivity contribution >= 4 is 0 Å². The molecule has 0 heterocycles. The smallest absolute Gasteiger partial charge is 0.00164 e. The van der Waals surface area contributed by atoms with Gasteiger partial charge in [-0.25, -0.2) is 0 Å². The van der Waals surface area contributed by atoms with Gasteiger partial charge in [0.25, 0.3) is 0 Å². The Morgan fingerprint density at radius 3 is 0.706 bits per heavy atom. The van der Waals surface area contributed by atoms with E-state index in [1.54, 1.807) is 0 Å². The highest BCUT2D eigenvalue weighted by molar-refractivity contribution is 5.45. The summed E-state index contributed by atoms with van der Waals surface area (Å²) in [7, 11) is 0. The molecule has 0 nitrogen and oxygen atoms in total. The van der Waals surface area contributed by atoms with Gasteiger partial charge in [0.05, 0.1) is 0 Å². The summed E-state index contributed by atoms with van der Waals surface area (Å²) >= 11 is 0. The van der Waals surface area contributed by atoms with E-state index in [2.05, 4.69) is 133 Å². The third-order valence-corrected chi connectivity index (χ3v) is 6.23. The van der Waals surface area contributed by atoms with Crippen molar-refractivity contribution in [1.82, 2.24) is 0 Å². The number of benzene rings is 5. The first-order chi connectivity index (χ1) is 16.8. The van der Waals surface area contributed by atoms with Crippen LogP contribution >= 0.6 is 0 Å². The summed E-state index contributed by atoms with van der Waals surface area (Å²) < 4.78 is 0. The van der Waals surface area contributed by atoms with E-state index in [4.69, 9.17) is 0 Å². The van der Waals surface area contributed by atoms with E-state index >= 15 is 0 Å². The second-order valence-electron chi connectivity index (χ2n) is 8.81. The van der Waals surface area contributed by atoms with E-state index in [9.17, 15) is 0 Å². The Bertz CT molecular complexity index is 1100. The molecule has 0 bridgehead atoms. The highest BCUT2D eigenvalue weighted by Gasteiger charge is 2.14. The highest BCUT2D eigenvalue weighted by Crippen LogP contribution is 2.26. The number of rotatable bonds is 8. The molecule has 0 atom stereocenters. The molecule has 5 aromatic rings. The van der Waals surface area contributed by atoms with Crippen molar-refractivity contribution in [2.45, 2.75) is 25.7 Å². The molecule has 0 heteroatoms. The molecule has 0 N–H and O–H groups in total. The molecule has 164 valence electrons. The molecule has 34 heavy (non-hydrogen) atoms. The van der Waals surface area contributed by atoms with Gasteiger partial charge in [-0.1, -0.05) is 121 Å². The van der Waals surface area contributed by atoms with Crippen molar-refractivity contribution in [3.05, 3.63) is 178 Å². The second-order valence-corrected chi connectivity index (χ2v) is 8.81. The zero-order chi connectivity index (χ0) is 23.0. The lowest BCUT2D eigenvalue weighted by Gasteiger charge is -2.17. The van der Waals surface area contributed by atoms with Gasteiger partial charge in [0.15, 0.2) is 0 Å². The van der Waals surface area contributed by atoms with E-state index in [-0.39, 0.29) is 0 Å². The summed E-state index contributed by atoms with van der Waals surface area (Å²) in [5.41, 5.74) is 10.2. The molecule has 0 aliphatic heterocycles. The predicted molar refractivity (Wildman–Crippen MR) is 141 cm³/mol. The van der Waals surface area contributed by atoms with E-state index < -0.39 is 0 Å². The van der Waals surface area contributed by atoms with Crippen molar-refractivity contribution in [1.29, 1.82) is 0 Å². The van der Waals surface area contributed by atoms with Crippen molar-refractivity contribution < 1.29 is 0 Å². The third-order valence-electron chi connectivity index (χ3n) is 6.23. The van der Waals surface area contributed by atoms with Crippen LogP contribution < -0.4 is 0 Å². The lowest BCUT2D eigenvalue weighted by atomic mass is 9.87. The highest BCUT2D eigenvalue weighted by atomic mass is 14.2. The van der Waals surface area contributed by atoms with Gasteiger partial charge in [-0.05, 0) is 82.3 Å². The Kier molecular flexibility index (Phi) is 6.97. The molecule has 0 aliphatic rings. The zero-order valence-electron chi connectivity index (χ0n) is 19.4. The maximum atomic E-state index is 3.89. The monoisotopic (exact) mass is 436 g/mol.